The van der Waals surface area contributed by atoms with E-state index in [1.54, 1.807) is 12.3 Å². The molecular weight excluding hydrogens is 266 g/mol. The van der Waals surface area contributed by atoms with Crippen LogP contribution in [0.2, 0.25) is 0 Å². The summed E-state index contributed by atoms with van der Waals surface area (Å²) < 4.78 is 5.66. The first kappa shape index (κ1) is 15.8. The second-order valence-electron chi connectivity index (χ2n) is 5.33. The lowest BCUT2D eigenvalue weighted by atomic mass is 10.1. The highest BCUT2D eigenvalue weighted by atomic mass is 16.5. The highest BCUT2D eigenvalue weighted by Gasteiger charge is 2.24. The Morgan fingerprint density at radius 2 is 2.38 bits per heavy atom. The van der Waals surface area contributed by atoms with E-state index in [0.29, 0.717) is 18.7 Å². The van der Waals surface area contributed by atoms with Crippen molar-refractivity contribution in [3.63, 3.8) is 0 Å². The Labute approximate surface area is 126 Å². The third kappa shape index (κ3) is 4.43. The lowest BCUT2D eigenvalue weighted by molar-refractivity contribution is 0.00724. The Kier molecular flexibility index (Phi) is 5.99. The number of nitrogens with zero attached hydrogens (tertiary/aromatic N) is 2. The van der Waals surface area contributed by atoms with Gasteiger partial charge in [-0.3, -0.25) is 4.79 Å². The van der Waals surface area contributed by atoms with Crippen LogP contribution >= 0.6 is 0 Å². The fraction of sp³-hybridized carbons (Fsp3) is 0.625. The number of piperidine rings is 1. The number of rotatable bonds is 6. The zero-order valence-corrected chi connectivity index (χ0v) is 13.0. The molecule has 1 amide bonds. The number of pyridine rings is 1. The van der Waals surface area contributed by atoms with Crippen molar-refractivity contribution in [2.75, 3.05) is 31.6 Å². The van der Waals surface area contributed by atoms with Gasteiger partial charge in [0.1, 0.15) is 5.82 Å². The van der Waals surface area contributed by atoms with Crippen LogP contribution in [0.4, 0.5) is 5.82 Å². The first-order valence-electron chi connectivity index (χ1n) is 7.85. The van der Waals surface area contributed by atoms with Crippen molar-refractivity contribution < 1.29 is 9.53 Å². The van der Waals surface area contributed by atoms with E-state index in [-0.39, 0.29) is 12.0 Å². The Morgan fingerprint density at radius 3 is 3.14 bits per heavy atom. The topological polar surface area (TPSA) is 54.5 Å². The monoisotopic (exact) mass is 291 g/mol. The first-order chi connectivity index (χ1) is 10.2. The van der Waals surface area contributed by atoms with Crippen LogP contribution in [0, 0.1) is 0 Å². The van der Waals surface area contributed by atoms with Crippen LogP contribution in [0.15, 0.2) is 18.3 Å². The van der Waals surface area contributed by atoms with Gasteiger partial charge in [-0.25, -0.2) is 4.98 Å². The molecule has 1 N–H and O–H groups in total. The van der Waals surface area contributed by atoms with Crippen LogP contribution in [0.5, 0.6) is 0 Å². The van der Waals surface area contributed by atoms with Gasteiger partial charge in [-0.1, -0.05) is 6.92 Å². The average Bonchev–Trinajstić information content (AvgIpc) is 2.53. The van der Waals surface area contributed by atoms with Crippen LogP contribution in [0.1, 0.15) is 43.5 Å². The molecule has 21 heavy (non-hydrogen) atoms. The summed E-state index contributed by atoms with van der Waals surface area (Å²) in [5, 5.41) is 3.22. The van der Waals surface area contributed by atoms with E-state index in [9.17, 15) is 4.79 Å². The minimum absolute atomic E-state index is 0.0707. The molecular formula is C16H25N3O2. The molecule has 5 heteroatoms. The third-order valence-electron chi connectivity index (χ3n) is 3.63. The quantitative estimate of drug-likeness (QED) is 0.875. The highest BCUT2D eigenvalue weighted by molar-refractivity contribution is 5.94. The van der Waals surface area contributed by atoms with Crippen molar-refractivity contribution in [3.8, 4) is 0 Å². The fourth-order valence-electron chi connectivity index (χ4n) is 2.59. The molecule has 0 saturated carbocycles. The Morgan fingerprint density at radius 1 is 1.52 bits per heavy atom. The normalized spacial score (nSPS) is 18.6. The summed E-state index contributed by atoms with van der Waals surface area (Å²) in [5.74, 6) is 0.836. The van der Waals surface area contributed by atoms with Crippen LogP contribution in [0.25, 0.3) is 0 Å². The number of carbonyl (C=O) groups is 1. The van der Waals surface area contributed by atoms with Gasteiger partial charge in [-0.05, 0) is 38.3 Å². The summed E-state index contributed by atoms with van der Waals surface area (Å²) in [5.41, 5.74) is 0.695. The van der Waals surface area contributed by atoms with Crippen LogP contribution < -0.4 is 5.32 Å². The second kappa shape index (κ2) is 7.98. The van der Waals surface area contributed by atoms with Gasteiger partial charge < -0.3 is 15.0 Å². The van der Waals surface area contributed by atoms with Gasteiger partial charge in [0.2, 0.25) is 0 Å². The number of hydrogen-bond acceptors (Lipinski definition) is 4. The number of carbonyl (C=O) groups excluding carboxylic acids is 1. The van der Waals surface area contributed by atoms with E-state index in [1.165, 1.54) is 0 Å². The van der Waals surface area contributed by atoms with Gasteiger partial charge in [0.05, 0.1) is 6.10 Å². The number of hydrogen-bond donors (Lipinski definition) is 1. The maximum Gasteiger partial charge on any atom is 0.254 e. The van der Waals surface area contributed by atoms with Crippen LogP contribution in [-0.4, -0.2) is 48.1 Å². The molecule has 5 nitrogen and oxygen atoms in total. The first-order valence-corrected chi connectivity index (χ1v) is 7.85. The molecule has 0 spiro atoms. The Hall–Kier alpha value is -1.62. The summed E-state index contributed by atoms with van der Waals surface area (Å²) >= 11 is 0. The molecule has 0 bridgehead atoms. The SMILES string of the molecule is CCCNc1cc(C(=O)N2CCCC(OCC)C2)ccn1. The lowest BCUT2D eigenvalue weighted by Crippen LogP contribution is -2.43. The van der Waals surface area contributed by atoms with Crippen molar-refractivity contribution >= 4 is 11.7 Å². The second-order valence-corrected chi connectivity index (χ2v) is 5.33. The lowest BCUT2D eigenvalue weighted by Gasteiger charge is -2.32. The van der Waals surface area contributed by atoms with Crippen LogP contribution in [0.3, 0.4) is 0 Å². The molecule has 0 radical (unpaired) electrons. The predicted octanol–water partition coefficient (Wildman–Crippen LogP) is 2.54. The van der Waals surface area contributed by atoms with E-state index < -0.39 is 0 Å². The molecule has 1 saturated heterocycles. The van der Waals surface area contributed by atoms with E-state index in [4.69, 9.17) is 4.74 Å². The molecule has 1 aliphatic heterocycles. The number of anilines is 1. The summed E-state index contributed by atoms with van der Waals surface area (Å²) in [7, 11) is 0. The summed E-state index contributed by atoms with van der Waals surface area (Å²) in [4.78, 5) is 18.7. The standard InChI is InChI=1S/C16H25N3O2/c1-3-8-17-15-11-13(7-9-18-15)16(20)19-10-5-6-14(12-19)21-4-2/h7,9,11,14H,3-6,8,10,12H2,1-2H3,(H,17,18). The third-order valence-corrected chi connectivity index (χ3v) is 3.63. The molecule has 0 aliphatic carbocycles. The Balaban J connectivity index is 2.01. The summed E-state index contributed by atoms with van der Waals surface area (Å²) in [6.45, 7) is 7.15. The predicted molar refractivity (Wildman–Crippen MR) is 83.6 cm³/mol. The number of likely N-dealkylation sites (tertiary alicyclic amines) is 1. The van der Waals surface area contributed by atoms with Crippen molar-refractivity contribution in [1.82, 2.24) is 9.88 Å². The number of ether oxygens (including phenoxy) is 1. The maximum absolute atomic E-state index is 12.6. The summed E-state index contributed by atoms with van der Waals surface area (Å²) in [6, 6.07) is 3.62. The van der Waals surface area contributed by atoms with Crippen molar-refractivity contribution in [1.29, 1.82) is 0 Å². The van der Waals surface area contributed by atoms with Gasteiger partial charge in [-0.15, -0.1) is 0 Å². The van der Waals surface area contributed by atoms with E-state index in [2.05, 4.69) is 17.2 Å². The van der Waals surface area contributed by atoms with E-state index in [0.717, 1.165) is 38.2 Å². The molecule has 1 unspecified atom stereocenters. The number of aromatic nitrogens is 1. The maximum atomic E-state index is 12.6. The van der Waals surface area contributed by atoms with Gasteiger partial charge in [-0.2, -0.15) is 0 Å². The largest absolute Gasteiger partial charge is 0.377 e. The van der Waals surface area contributed by atoms with Crippen molar-refractivity contribution in [3.05, 3.63) is 23.9 Å². The summed E-state index contributed by atoms with van der Waals surface area (Å²) in [6.07, 6.45) is 4.93. The molecule has 1 aliphatic rings. The van der Waals surface area contributed by atoms with E-state index >= 15 is 0 Å². The number of amides is 1. The smallest absolute Gasteiger partial charge is 0.254 e. The minimum Gasteiger partial charge on any atom is -0.377 e. The van der Waals surface area contributed by atoms with Gasteiger partial charge in [0, 0.05) is 38.0 Å². The van der Waals surface area contributed by atoms with Gasteiger partial charge >= 0.3 is 0 Å². The highest BCUT2D eigenvalue weighted by Crippen LogP contribution is 2.17. The molecule has 0 aromatic carbocycles. The molecule has 2 rings (SSSR count). The molecule has 1 fully saturated rings. The number of nitrogens with one attached hydrogen (secondary N) is 1. The van der Waals surface area contributed by atoms with Gasteiger partial charge in [0.25, 0.3) is 5.91 Å². The average molecular weight is 291 g/mol. The molecule has 1 atom stereocenters. The van der Waals surface area contributed by atoms with Crippen LogP contribution in [-0.2, 0) is 4.74 Å². The zero-order valence-electron chi connectivity index (χ0n) is 13.0. The minimum atomic E-state index is 0.0707. The van der Waals surface area contributed by atoms with Gasteiger partial charge in [0.15, 0.2) is 0 Å². The molecule has 1 aromatic rings. The zero-order chi connectivity index (χ0) is 15.1. The van der Waals surface area contributed by atoms with E-state index in [1.807, 2.05) is 17.9 Å². The fourth-order valence-corrected chi connectivity index (χ4v) is 2.59. The molecule has 2 heterocycles. The van der Waals surface area contributed by atoms with Crippen molar-refractivity contribution in [2.24, 2.45) is 0 Å². The molecule has 1 aromatic heterocycles. The molecule has 116 valence electrons. The van der Waals surface area contributed by atoms with Crippen molar-refractivity contribution in [2.45, 2.75) is 39.2 Å². The Bertz CT molecular complexity index is 463.